The molecule has 1 N–H and O–H groups in total. The molecule has 6 nitrogen and oxygen atoms in total. The molecule has 1 aromatic carbocycles. The molecule has 2 fully saturated rings. The molecular weight excluding hydrogens is 422 g/mol. The van der Waals surface area contributed by atoms with Crippen LogP contribution in [0.25, 0.3) is 0 Å². The van der Waals surface area contributed by atoms with Crippen molar-refractivity contribution in [2.75, 3.05) is 39.8 Å². The number of hydrogen-bond donors (Lipinski definition) is 1. The van der Waals surface area contributed by atoms with Crippen LogP contribution in [0, 0.1) is 5.92 Å². The van der Waals surface area contributed by atoms with E-state index in [1.165, 1.54) is 24.2 Å². The van der Waals surface area contributed by atoms with Gasteiger partial charge in [-0.3, -0.25) is 14.5 Å². The molecule has 0 spiro atoms. The Hall–Kier alpha value is -2.38. The predicted octanol–water partition coefficient (Wildman–Crippen LogP) is 3.43. The second kappa shape index (κ2) is 11.0. The quantitative estimate of drug-likeness (QED) is 0.663. The number of carbonyl (C=O) groups is 2. The van der Waals surface area contributed by atoms with E-state index in [0.717, 1.165) is 48.5 Å². The summed E-state index contributed by atoms with van der Waals surface area (Å²) in [5.74, 6) is 1.50. The Bertz CT molecular complexity index is 888. The SMILES string of the molecule is COc1ccccc1CCNC(=O)[C@@H](C1CCCC1)N1CCN(C(=O)c2cccs2)CC1. The van der Waals surface area contributed by atoms with Crippen molar-refractivity contribution in [2.24, 2.45) is 5.92 Å². The zero-order valence-electron chi connectivity index (χ0n) is 18.8. The average Bonchev–Trinajstić information content (AvgIpc) is 3.54. The fraction of sp³-hybridized carbons (Fsp3) is 0.520. The fourth-order valence-electron chi connectivity index (χ4n) is 5.04. The molecule has 1 aliphatic carbocycles. The van der Waals surface area contributed by atoms with E-state index in [1.807, 2.05) is 46.7 Å². The molecule has 0 radical (unpaired) electrons. The molecule has 32 heavy (non-hydrogen) atoms. The first-order valence-corrected chi connectivity index (χ1v) is 12.5. The third-order valence-corrected chi connectivity index (χ3v) is 7.59. The van der Waals surface area contributed by atoms with Crippen LogP contribution in [0.5, 0.6) is 5.75 Å². The zero-order chi connectivity index (χ0) is 22.3. The lowest BCUT2D eigenvalue weighted by Gasteiger charge is -2.40. The van der Waals surface area contributed by atoms with E-state index in [2.05, 4.69) is 10.2 Å². The van der Waals surface area contributed by atoms with Crippen LogP contribution in [0.4, 0.5) is 0 Å². The smallest absolute Gasteiger partial charge is 0.264 e. The topological polar surface area (TPSA) is 61.9 Å². The summed E-state index contributed by atoms with van der Waals surface area (Å²) in [7, 11) is 1.68. The van der Waals surface area contributed by atoms with Gasteiger partial charge >= 0.3 is 0 Å². The minimum atomic E-state index is -0.103. The monoisotopic (exact) mass is 455 g/mol. The number of nitrogens with one attached hydrogen (secondary N) is 1. The summed E-state index contributed by atoms with van der Waals surface area (Å²) >= 11 is 1.49. The van der Waals surface area contributed by atoms with Gasteiger partial charge < -0.3 is 15.0 Å². The van der Waals surface area contributed by atoms with Crippen LogP contribution in [0.15, 0.2) is 41.8 Å². The molecule has 7 heteroatoms. The maximum absolute atomic E-state index is 13.3. The number of carbonyl (C=O) groups excluding carboxylic acids is 2. The third-order valence-electron chi connectivity index (χ3n) is 6.73. The molecule has 2 aliphatic rings. The number of piperazine rings is 1. The minimum absolute atomic E-state index is 0.103. The van der Waals surface area contributed by atoms with Gasteiger partial charge in [-0.2, -0.15) is 0 Å². The number of ether oxygens (including phenoxy) is 1. The Morgan fingerprint density at radius 2 is 1.84 bits per heavy atom. The average molecular weight is 456 g/mol. The minimum Gasteiger partial charge on any atom is -0.496 e. The molecule has 0 unspecified atom stereocenters. The van der Waals surface area contributed by atoms with Crippen LogP contribution in [-0.2, 0) is 11.2 Å². The van der Waals surface area contributed by atoms with Crippen molar-refractivity contribution in [3.63, 3.8) is 0 Å². The lowest BCUT2D eigenvalue weighted by atomic mass is 9.95. The first-order chi connectivity index (χ1) is 15.7. The highest BCUT2D eigenvalue weighted by molar-refractivity contribution is 7.12. The van der Waals surface area contributed by atoms with Crippen LogP contribution in [0.2, 0.25) is 0 Å². The van der Waals surface area contributed by atoms with Crippen LogP contribution in [-0.4, -0.2) is 67.5 Å². The molecule has 2 aromatic rings. The van der Waals surface area contributed by atoms with Crippen molar-refractivity contribution in [1.29, 1.82) is 0 Å². The van der Waals surface area contributed by atoms with Gasteiger partial charge in [0.05, 0.1) is 18.0 Å². The van der Waals surface area contributed by atoms with E-state index in [1.54, 1.807) is 7.11 Å². The van der Waals surface area contributed by atoms with Gasteiger partial charge in [-0.15, -0.1) is 11.3 Å². The van der Waals surface area contributed by atoms with Gasteiger partial charge in [-0.1, -0.05) is 37.1 Å². The molecule has 2 heterocycles. The third kappa shape index (κ3) is 5.33. The number of hydrogen-bond acceptors (Lipinski definition) is 5. The van der Waals surface area contributed by atoms with Crippen molar-refractivity contribution in [3.05, 3.63) is 52.2 Å². The first-order valence-electron chi connectivity index (χ1n) is 11.6. The van der Waals surface area contributed by atoms with Crippen LogP contribution in [0.1, 0.15) is 40.9 Å². The summed E-state index contributed by atoms with van der Waals surface area (Å²) in [6, 6.07) is 11.7. The van der Waals surface area contributed by atoms with E-state index < -0.39 is 0 Å². The first kappa shape index (κ1) is 22.8. The zero-order valence-corrected chi connectivity index (χ0v) is 19.6. The Balaban J connectivity index is 1.35. The van der Waals surface area contributed by atoms with Gasteiger partial charge in [0.2, 0.25) is 5.91 Å². The van der Waals surface area contributed by atoms with Crippen molar-refractivity contribution >= 4 is 23.2 Å². The van der Waals surface area contributed by atoms with E-state index >= 15 is 0 Å². The van der Waals surface area contributed by atoms with Crippen LogP contribution < -0.4 is 10.1 Å². The summed E-state index contributed by atoms with van der Waals surface area (Å²) in [6.45, 7) is 3.44. The Morgan fingerprint density at radius 3 is 2.53 bits per heavy atom. The van der Waals surface area contributed by atoms with Gasteiger partial charge in [-0.25, -0.2) is 0 Å². The molecule has 172 valence electrons. The highest BCUT2D eigenvalue weighted by Crippen LogP contribution is 2.31. The molecule has 1 saturated heterocycles. The van der Waals surface area contributed by atoms with Crippen molar-refractivity contribution < 1.29 is 14.3 Å². The molecule has 2 amide bonds. The fourth-order valence-corrected chi connectivity index (χ4v) is 5.74. The van der Waals surface area contributed by atoms with E-state index in [-0.39, 0.29) is 17.9 Å². The van der Waals surface area contributed by atoms with E-state index in [0.29, 0.717) is 25.6 Å². The standard InChI is InChI=1S/C25H33N3O3S/c1-31-21-10-5-4-7-19(21)12-13-26-24(29)23(20-8-2-3-9-20)27-14-16-28(17-15-27)25(30)22-11-6-18-32-22/h4-7,10-11,18,20,23H,2-3,8-9,12-17H2,1H3,(H,26,29)/t23-/m1/s1. The van der Waals surface area contributed by atoms with Gasteiger partial charge in [0.25, 0.3) is 5.91 Å². The Kier molecular flexibility index (Phi) is 7.81. The lowest BCUT2D eigenvalue weighted by Crippen LogP contribution is -2.58. The number of thiophene rings is 1. The maximum Gasteiger partial charge on any atom is 0.264 e. The summed E-state index contributed by atoms with van der Waals surface area (Å²) in [5, 5.41) is 5.14. The summed E-state index contributed by atoms with van der Waals surface area (Å²) in [5.41, 5.74) is 1.11. The summed E-state index contributed by atoms with van der Waals surface area (Å²) in [6.07, 6.45) is 5.37. The largest absolute Gasteiger partial charge is 0.496 e. The molecule has 1 aliphatic heterocycles. The van der Waals surface area contributed by atoms with E-state index in [4.69, 9.17) is 4.74 Å². The molecule has 1 aromatic heterocycles. The second-order valence-electron chi connectivity index (χ2n) is 8.65. The van der Waals surface area contributed by atoms with Gasteiger partial charge in [0.1, 0.15) is 5.75 Å². The molecule has 1 atom stereocenters. The van der Waals surface area contributed by atoms with Gasteiger partial charge in [0, 0.05) is 32.7 Å². The number of benzene rings is 1. The Morgan fingerprint density at radius 1 is 1.09 bits per heavy atom. The summed E-state index contributed by atoms with van der Waals surface area (Å²) in [4.78, 5) is 31.0. The van der Waals surface area contributed by atoms with Gasteiger partial charge in [0.15, 0.2) is 0 Å². The highest BCUT2D eigenvalue weighted by Gasteiger charge is 2.37. The Labute approximate surface area is 194 Å². The van der Waals surface area contributed by atoms with Gasteiger partial charge in [-0.05, 0) is 48.3 Å². The lowest BCUT2D eigenvalue weighted by molar-refractivity contribution is -0.129. The number of nitrogens with zero attached hydrogens (tertiary/aromatic N) is 2. The van der Waals surface area contributed by atoms with Crippen LogP contribution in [0.3, 0.4) is 0 Å². The van der Waals surface area contributed by atoms with E-state index in [9.17, 15) is 9.59 Å². The highest BCUT2D eigenvalue weighted by atomic mass is 32.1. The normalized spacial score (nSPS) is 18.5. The van der Waals surface area contributed by atoms with Crippen molar-refractivity contribution in [2.45, 2.75) is 38.1 Å². The number of methoxy groups -OCH3 is 1. The summed E-state index contributed by atoms with van der Waals surface area (Å²) < 4.78 is 5.43. The second-order valence-corrected chi connectivity index (χ2v) is 9.60. The predicted molar refractivity (Wildman–Crippen MR) is 127 cm³/mol. The number of rotatable bonds is 8. The molecule has 0 bridgehead atoms. The molecular formula is C25H33N3O3S. The maximum atomic E-state index is 13.3. The molecule has 1 saturated carbocycles. The van der Waals surface area contributed by atoms with Crippen LogP contribution >= 0.6 is 11.3 Å². The molecule has 4 rings (SSSR count). The van der Waals surface area contributed by atoms with Crippen molar-refractivity contribution in [3.8, 4) is 5.75 Å². The van der Waals surface area contributed by atoms with Crippen molar-refractivity contribution in [1.82, 2.24) is 15.1 Å². The number of amides is 2. The number of para-hydroxylation sites is 1.